The van der Waals surface area contributed by atoms with Gasteiger partial charge in [0.2, 0.25) is 0 Å². The first-order valence-electron chi connectivity index (χ1n) is 7.12. The number of H-pyrrole nitrogens is 1. The van der Waals surface area contributed by atoms with E-state index >= 15 is 0 Å². The van der Waals surface area contributed by atoms with Crippen LogP contribution in [0.4, 0.5) is 8.78 Å². The second-order valence-electron chi connectivity index (χ2n) is 5.43. The van der Waals surface area contributed by atoms with Gasteiger partial charge in [0.15, 0.2) is 0 Å². The van der Waals surface area contributed by atoms with E-state index in [2.05, 4.69) is 10.3 Å². The lowest BCUT2D eigenvalue weighted by Gasteiger charge is -2.38. The molecule has 0 bridgehead atoms. The second-order valence-corrected chi connectivity index (χ2v) is 5.43. The molecule has 1 aliphatic heterocycles. The molecule has 0 aliphatic carbocycles. The van der Waals surface area contributed by atoms with Gasteiger partial charge in [-0.15, -0.1) is 0 Å². The van der Waals surface area contributed by atoms with E-state index in [1.54, 1.807) is 23.2 Å². The molecule has 0 amide bonds. The highest BCUT2D eigenvalue weighted by molar-refractivity contribution is 5.80. The van der Waals surface area contributed by atoms with E-state index in [9.17, 15) is 8.78 Å². The predicted molar refractivity (Wildman–Crippen MR) is 77.5 cm³/mol. The molecule has 0 unspecified atom stereocenters. The molecule has 0 spiro atoms. The van der Waals surface area contributed by atoms with Crippen molar-refractivity contribution < 1.29 is 13.9 Å². The zero-order valence-corrected chi connectivity index (χ0v) is 11.6. The van der Waals surface area contributed by atoms with Crippen LogP contribution in [0, 0.1) is 0 Å². The number of aliphatic hydroxyl groups excluding tert-OH is 1. The van der Waals surface area contributed by atoms with Crippen LogP contribution in [0.2, 0.25) is 0 Å². The Morgan fingerprint density at radius 2 is 2.00 bits per heavy atom. The van der Waals surface area contributed by atoms with Crippen LogP contribution < -0.4 is 5.32 Å². The number of aromatic nitrogens is 1. The molecule has 0 radical (unpaired) electrons. The van der Waals surface area contributed by atoms with Crippen molar-refractivity contribution >= 4 is 10.9 Å². The van der Waals surface area contributed by atoms with Crippen molar-refractivity contribution in [2.75, 3.05) is 32.8 Å². The summed E-state index contributed by atoms with van der Waals surface area (Å²) in [6.07, 6.45) is 1.79. The van der Waals surface area contributed by atoms with Crippen molar-refractivity contribution in [3.8, 4) is 0 Å². The number of aromatic amines is 1. The molecule has 4 nitrogen and oxygen atoms in total. The average molecular weight is 295 g/mol. The number of aliphatic hydroxyl groups is 1. The first kappa shape index (κ1) is 14.4. The smallest absolute Gasteiger partial charge is 0.289 e. The molecular weight excluding hydrogens is 276 g/mol. The number of piperazine rings is 1. The van der Waals surface area contributed by atoms with Gasteiger partial charge in [-0.05, 0) is 23.1 Å². The molecule has 2 aromatic rings. The molecule has 1 aliphatic rings. The fourth-order valence-corrected chi connectivity index (χ4v) is 2.98. The maximum Gasteiger partial charge on any atom is 0.289 e. The highest BCUT2D eigenvalue weighted by Gasteiger charge is 2.44. The lowest BCUT2D eigenvalue weighted by molar-refractivity contribution is -0.118. The summed E-state index contributed by atoms with van der Waals surface area (Å²) < 4.78 is 28.6. The Morgan fingerprint density at radius 3 is 2.71 bits per heavy atom. The molecule has 114 valence electrons. The first-order valence-corrected chi connectivity index (χ1v) is 7.12. The number of hydrogen-bond acceptors (Lipinski definition) is 3. The molecule has 6 heteroatoms. The zero-order valence-electron chi connectivity index (χ0n) is 11.6. The summed E-state index contributed by atoms with van der Waals surface area (Å²) >= 11 is 0. The van der Waals surface area contributed by atoms with Crippen molar-refractivity contribution in [1.29, 1.82) is 0 Å². The minimum absolute atomic E-state index is 0.533. The minimum atomic E-state index is -3.17. The van der Waals surface area contributed by atoms with E-state index in [1.807, 2.05) is 12.1 Å². The number of nitrogens with zero attached hydrogens (tertiary/aromatic N) is 1. The van der Waals surface area contributed by atoms with Gasteiger partial charge in [-0.2, -0.15) is 0 Å². The molecule has 1 aromatic carbocycles. The van der Waals surface area contributed by atoms with Gasteiger partial charge in [-0.25, -0.2) is 8.78 Å². The Hall–Kier alpha value is -1.50. The fourth-order valence-electron chi connectivity index (χ4n) is 2.98. The Labute approximate surface area is 121 Å². The first-order chi connectivity index (χ1) is 10.1. The highest BCUT2D eigenvalue weighted by Crippen LogP contribution is 2.37. The normalized spacial score (nSPS) is 19.0. The van der Waals surface area contributed by atoms with E-state index < -0.39 is 18.6 Å². The van der Waals surface area contributed by atoms with Crippen LogP contribution in [-0.2, 0) is 0 Å². The number of hydrogen-bond donors (Lipinski definition) is 3. The molecule has 0 saturated carbocycles. The van der Waals surface area contributed by atoms with Gasteiger partial charge in [0.25, 0.3) is 5.92 Å². The van der Waals surface area contributed by atoms with Crippen molar-refractivity contribution in [2.24, 2.45) is 0 Å². The van der Waals surface area contributed by atoms with Crippen LogP contribution in [0.5, 0.6) is 0 Å². The zero-order chi connectivity index (χ0) is 14.9. The van der Waals surface area contributed by atoms with Gasteiger partial charge in [0.05, 0.1) is 0 Å². The molecule has 1 fully saturated rings. The molecule has 1 atom stereocenters. The molecule has 3 rings (SSSR count). The number of rotatable bonds is 4. The van der Waals surface area contributed by atoms with Gasteiger partial charge >= 0.3 is 0 Å². The predicted octanol–water partition coefficient (Wildman–Crippen LogP) is 1.74. The monoisotopic (exact) mass is 295 g/mol. The third kappa shape index (κ3) is 2.79. The van der Waals surface area contributed by atoms with Crippen LogP contribution in [0.3, 0.4) is 0 Å². The molecule has 1 aromatic heterocycles. The van der Waals surface area contributed by atoms with Crippen LogP contribution in [-0.4, -0.2) is 53.7 Å². The molecule has 1 saturated heterocycles. The summed E-state index contributed by atoms with van der Waals surface area (Å²) in [7, 11) is 0. The maximum absolute atomic E-state index is 14.3. The van der Waals surface area contributed by atoms with Gasteiger partial charge in [-0.1, -0.05) is 12.1 Å². The van der Waals surface area contributed by atoms with Gasteiger partial charge < -0.3 is 15.4 Å². The molecule has 3 N–H and O–H groups in total. The maximum atomic E-state index is 14.3. The Bertz CT molecular complexity index is 608. The Kier molecular flexibility index (Phi) is 3.93. The number of benzene rings is 1. The van der Waals surface area contributed by atoms with Crippen molar-refractivity contribution in [1.82, 2.24) is 15.2 Å². The topological polar surface area (TPSA) is 51.3 Å². The van der Waals surface area contributed by atoms with Crippen LogP contribution in [0.25, 0.3) is 10.9 Å². The lowest BCUT2D eigenvalue weighted by atomic mass is 9.97. The van der Waals surface area contributed by atoms with Gasteiger partial charge in [0.1, 0.15) is 12.6 Å². The third-order valence-corrected chi connectivity index (χ3v) is 4.02. The van der Waals surface area contributed by atoms with E-state index in [1.165, 1.54) is 0 Å². The summed E-state index contributed by atoms with van der Waals surface area (Å²) in [6, 6.07) is 6.13. The largest absolute Gasteiger partial charge is 0.390 e. The van der Waals surface area contributed by atoms with E-state index in [0.29, 0.717) is 31.7 Å². The number of nitrogens with one attached hydrogen (secondary N) is 2. The number of halogens is 2. The van der Waals surface area contributed by atoms with Crippen molar-refractivity contribution in [3.63, 3.8) is 0 Å². The Balaban J connectivity index is 2.00. The molecular formula is C15H19F2N3O. The van der Waals surface area contributed by atoms with Crippen molar-refractivity contribution in [3.05, 3.63) is 36.0 Å². The summed E-state index contributed by atoms with van der Waals surface area (Å²) in [4.78, 5) is 4.80. The summed E-state index contributed by atoms with van der Waals surface area (Å²) in [5.74, 6) is -3.17. The van der Waals surface area contributed by atoms with E-state index in [-0.39, 0.29) is 0 Å². The van der Waals surface area contributed by atoms with Crippen LogP contribution in [0.1, 0.15) is 11.6 Å². The van der Waals surface area contributed by atoms with E-state index in [4.69, 9.17) is 5.11 Å². The lowest BCUT2D eigenvalue weighted by Crippen LogP contribution is -2.51. The second kappa shape index (κ2) is 5.71. The summed E-state index contributed by atoms with van der Waals surface area (Å²) in [6.45, 7) is 1.31. The summed E-state index contributed by atoms with van der Waals surface area (Å²) in [5, 5.41) is 13.3. The third-order valence-electron chi connectivity index (χ3n) is 4.02. The van der Waals surface area contributed by atoms with Crippen LogP contribution in [0.15, 0.2) is 30.5 Å². The summed E-state index contributed by atoms with van der Waals surface area (Å²) in [5.41, 5.74) is 1.37. The standard InChI is InChI=1S/C15H19F2N3O/c16-15(17,10-21)14(20-7-5-18-6-8-20)12-2-1-11-3-4-19-13(11)9-12/h1-4,9,14,18-19,21H,5-8,10H2/t14-/m0/s1. The average Bonchev–Trinajstić information content (AvgIpc) is 2.96. The highest BCUT2D eigenvalue weighted by atomic mass is 19.3. The van der Waals surface area contributed by atoms with Gasteiger partial charge in [-0.3, -0.25) is 4.90 Å². The Morgan fingerprint density at radius 1 is 1.24 bits per heavy atom. The quantitative estimate of drug-likeness (QED) is 0.805. The SMILES string of the molecule is OCC(F)(F)[C@H](c1ccc2cc[nH]c2c1)N1CCNCC1. The number of fused-ring (bicyclic) bond motifs is 1. The van der Waals surface area contributed by atoms with E-state index in [0.717, 1.165) is 10.9 Å². The number of alkyl halides is 2. The van der Waals surface area contributed by atoms with Gasteiger partial charge in [0, 0.05) is 37.9 Å². The van der Waals surface area contributed by atoms with Crippen LogP contribution >= 0.6 is 0 Å². The minimum Gasteiger partial charge on any atom is -0.390 e. The van der Waals surface area contributed by atoms with Crippen molar-refractivity contribution in [2.45, 2.75) is 12.0 Å². The fraction of sp³-hybridized carbons (Fsp3) is 0.467. The molecule has 2 heterocycles. The molecule has 21 heavy (non-hydrogen) atoms.